The molecule has 1 aromatic heterocycles. The second-order valence-electron chi connectivity index (χ2n) is 8.71. The molecule has 1 fully saturated rings. The smallest absolute Gasteiger partial charge is 0.256 e. The Hall–Kier alpha value is -4.45. The summed E-state index contributed by atoms with van der Waals surface area (Å²) in [6.07, 6.45) is 0. The maximum Gasteiger partial charge on any atom is 0.256 e. The van der Waals surface area contributed by atoms with Crippen LogP contribution < -0.4 is 15.0 Å². The fourth-order valence-corrected chi connectivity index (χ4v) is 4.90. The van der Waals surface area contributed by atoms with E-state index in [0.29, 0.717) is 37.0 Å². The maximum atomic E-state index is 14.0. The Morgan fingerprint density at radius 3 is 2.33 bits per heavy atom. The zero-order valence-corrected chi connectivity index (χ0v) is 22.0. The SMILES string of the molecule is COc1ccc(-n2nnnc2SCC(=O)Nc2ccc(N3CCN(C(=O)c4ccccc4F)CC3)cc2)cc1. The third kappa shape index (κ3) is 6.17. The maximum absolute atomic E-state index is 14.0. The Kier molecular flexibility index (Phi) is 8.02. The van der Waals surface area contributed by atoms with Crippen LogP contribution >= 0.6 is 11.8 Å². The Balaban J connectivity index is 1.11. The highest BCUT2D eigenvalue weighted by Gasteiger charge is 2.24. The monoisotopic (exact) mass is 547 g/mol. The van der Waals surface area contributed by atoms with E-state index >= 15 is 0 Å². The Morgan fingerprint density at radius 2 is 1.64 bits per heavy atom. The number of nitrogens with zero attached hydrogens (tertiary/aromatic N) is 6. The summed E-state index contributed by atoms with van der Waals surface area (Å²) < 4.78 is 20.7. The molecule has 1 aliphatic rings. The van der Waals surface area contributed by atoms with Crippen molar-refractivity contribution in [3.63, 3.8) is 0 Å². The lowest BCUT2D eigenvalue weighted by Crippen LogP contribution is -2.49. The van der Waals surface area contributed by atoms with Crippen LogP contribution in [0.2, 0.25) is 0 Å². The zero-order chi connectivity index (χ0) is 27.2. The molecule has 0 unspecified atom stereocenters. The van der Waals surface area contributed by atoms with Gasteiger partial charge in [-0.15, -0.1) is 5.10 Å². The lowest BCUT2D eigenvalue weighted by molar-refractivity contribution is -0.113. The van der Waals surface area contributed by atoms with Crippen LogP contribution in [0, 0.1) is 5.82 Å². The molecule has 1 saturated heterocycles. The van der Waals surface area contributed by atoms with Gasteiger partial charge in [-0.2, -0.15) is 4.68 Å². The van der Waals surface area contributed by atoms with E-state index in [9.17, 15) is 14.0 Å². The quantitative estimate of drug-likeness (QED) is 0.334. The minimum absolute atomic E-state index is 0.0986. The fourth-order valence-electron chi connectivity index (χ4n) is 4.21. The minimum Gasteiger partial charge on any atom is -0.497 e. The first-order valence-corrected chi connectivity index (χ1v) is 13.2. The van der Waals surface area contributed by atoms with Crippen LogP contribution in [0.1, 0.15) is 10.4 Å². The number of piperazine rings is 1. The summed E-state index contributed by atoms with van der Waals surface area (Å²) in [6, 6.07) is 20.9. The van der Waals surface area contributed by atoms with Gasteiger partial charge in [0.1, 0.15) is 11.6 Å². The predicted molar refractivity (Wildman–Crippen MR) is 146 cm³/mol. The van der Waals surface area contributed by atoms with E-state index in [-0.39, 0.29) is 23.1 Å². The molecule has 0 radical (unpaired) electrons. The molecule has 39 heavy (non-hydrogen) atoms. The van der Waals surface area contributed by atoms with Crippen molar-refractivity contribution in [2.45, 2.75) is 5.16 Å². The van der Waals surface area contributed by atoms with Gasteiger partial charge < -0.3 is 19.9 Å². The van der Waals surface area contributed by atoms with E-state index in [0.717, 1.165) is 17.1 Å². The van der Waals surface area contributed by atoms with Crippen molar-refractivity contribution in [1.82, 2.24) is 25.1 Å². The van der Waals surface area contributed by atoms with Gasteiger partial charge >= 0.3 is 0 Å². The molecule has 0 bridgehead atoms. The molecule has 2 heterocycles. The number of hydrogen-bond donors (Lipinski definition) is 1. The van der Waals surface area contributed by atoms with Crippen molar-refractivity contribution in [3.05, 3.63) is 84.2 Å². The van der Waals surface area contributed by atoms with Crippen LogP contribution in [-0.4, -0.2) is 76.0 Å². The average molecular weight is 548 g/mol. The highest BCUT2D eigenvalue weighted by atomic mass is 32.2. The molecule has 0 aliphatic carbocycles. The van der Waals surface area contributed by atoms with Crippen LogP contribution in [0.4, 0.5) is 15.8 Å². The summed E-state index contributed by atoms with van der Waals surface area (Å²) in [7, 11) is 1.60. The number of halogens is 1. The number of thioether (sulfide) groups is 1. The molecule has 12 heteroatoms. The van der Waals surface area contributed by atoms with Gasteiger partial charge in [0.2, 0.25) is 11.1 Å². The highest BCUT2D eigenvalue weighted by molar-refractivity contribution is 7.99. The molecule has 4 aromatic rings. The lowest BCUT2D eigenvalue weighted by atomic mass is 10.1. The Bertz CT molecular complexity index is 1440. The summed E-state index contributed by atoms with van der Waals surface area (Å²) in [5.41, 5.74) is 2.52. The van der Waals surface area contributed by atoms with Gasteiger partial charge in [0.25, 0.3) is 5.91 Å². The molecule has 2 amide bonds. The molecule has 0 atom stereocenters. The molecule has 5 rings (SSSR count). The summed E-state index contributed by atoms with van der Waals surface area (Å²) in [5, 5.41) is 15.1. The molecule has 1 aliphatic heterocycles. The topological polar surface area (TPSA) is 105 Å². The molecule has 0 spiro atoms. The number of carbonyl (C=O) groups is 2. The number of tetrazole rings is 1. The largest absolute Gasteiger partial charge is 0.497 e. The molecule has 3 aromatic carbocycles. The standard InChI is InChI=1S/C27H26FN7O3S/c1-38-22-12-10-21(11-13-22)35-27(30-31-32-35)39-18-25(36)29-19-6-8-20(9-7-19)33-14-16-34(17-15-33)26(37)23-4-2-3-5-24(23)28/h2-13H,14-18H2,1H3,(H,29,36). The number of carbonyl (C=O) groups excluding carboxylic acids is 2. The van der Waals surface area contributed by atoms with Crippen LogP contribution in [0.5, 0.6) is 5.75 Å². The Labute approximate surface area is 228 Å². The number of nitrogens with one attached hydrogen (secondary N) is 1. The van der Waals surface area contributed by atoms with Crippen molar-refractivity contribution in [3.8, 4) is 11.4 Å². The molecular weight excluding hydrogens is 521 g/mol. The minimum atomic E-state index is -0.503. The lowest BCUT2D eigenvalue weighted by Gasteiger charge is -2.36. The number of methoxy groups -OCH3 is 1. The molecule has 200 valence electrons. The van der Waals surface area contributed by atoms with E-state index in [1.807, 2.05) is 48.5 Å². The van der Waals surface area contributed by atoms with Crippen molar-refractivity contribution >= 4 is 35.0 Å². The first kappa shape index (κ1) is 26.2. The number of aromatic nitrogens is 4. The van der Waals surface area contributed by atoms with Gasteiger partial charge in [-0.25, -0.2) is 4.39 Å². The van der Waals surface area contributed by atoms with Crippen LogP contribution in [0.15, 0.2) is 78.0 Å². The summed E-state index contributed by atoms with van der Waals surface area (Å²) in [6.45, 7) is 2.26. The highest BCUT2D eigenvalue weighted by Crippen LogP contribution is 2.23. The van der Waals surface area contributed by atoms with E-state index in [4.69, 9.17) is 4.74 Å². The van der Waals surface area contributed by atoms with Gasteiger partial charge in [-0.1, -0.05) is 23.9 Å². The number of hydrogen-bond acceptors (Lipinski definition) is 8. The Morgan fingerprint density at radius 1 is 0.949 bits per heavy atom. The average Bonchev–Trinajstić information content (AvgIpc) is 3.45. The first-order chi connectivity index (χ1) is 19.0. The predicted octanol–water partition coefficient (Wildman–Crippen LogP) is 3.50. The summed E-state index contributed by atoms with van der Waals surface area (Å²) in [5.74, 6) is -0.115. The van der Waals surface area contributed by atoms with Crippen molar-refractivity contribution in [1.29, 1.82) is 0 Å². The van der Waals surface area contributed by atoms with E-state index in [1.165, 1.54) is 23.9 Å². The van der Waals surface area contributed by atoms with Gasteiger partial charge in [0, 0.05) is 37.6 Å². The third-order valence-corrected chi connectivity index (χ3v) is 7.20. The number of rotatable bonds is 8. The molecule has 0 saturated carbocycles. The summed E-state index contributed by atoms with van der Waals surface area (Å²) >= 11 is 1.23. The summed E-state index contributed by atoms with van der Waals surface area (Å²) in [4.78, 5) is 29.1. The van der Waals surface area contributed by atoms with Crippen LogP contribution in [0.3, 0.4) is 0 Å². The van der Waals surface area contributed by atoms with Crippen molar-refractivity contribution in [2.75, 3.05) is 49.3 Å². The number of ether oxygens (including phenoxy) is 1. The molecule has 1 N–H and O–H groups in total. The van der Waals surface area contributed by atoms with Gasteiger partial charge in [0.15, 0.2) is 0 Å². The zero-order valence-electron chi connectivity index (χ0n) is 21.2. The van der Waals surface area contributed by atoms with Crippen LogP contribution in [0.25, 0.3) is 5.69 Å². The second kappa shape index (κ2) is 11.9. The van der Waals surface area contributed by atoms with Gasteiger partial charge in [-0.05, 0) is 71.1 Å². The normalized spacial score (nSPS) is 13.3. The van der Waals surface area contributed by atoms with Crippen molar-refractivity contribution < 1.29 is 18.7 Å². The molecule has 10 nitrogen and oxygen atoms in total. The van der Waals surface area contributed by atoms with Crippen LogP contribution in [-0.2, 0) is 4.79 Å². The first-order valence-electron chi connectivity index (χ1n) is 12.3. The number of amides is 2. The fraction of sp³-hybridized carbons (Fsp3) is 0.222. The van der Waals surface area contributed by atoms with E-state index < -0.39 is 5.82 Å². The van der Waals surface area contributed by atoms with Gasteiger partial charge in [0.05, 0.1) is 24.1 Å². The van der Waals surface area contributed by atoms with Gasteiger partial charge in [-0.3, -0.25) is 9.59 Å². The second-order valence-corrected chi connectivity index (χ2v) is 9.66. The van der Waals surface area contributed by atoms with Crippen molar-refractivity contribution in [2.24, 2.45) is 0 Å². The van der Waals surface area contributed by atoms with E-state index in [1.54, 1.807) is 28.8 Å². The number of benzene rings is 3. The third-order valence-electron chi connectivity index (χ3n) is 6.28. The molecular formula is C27H26FN7O3S. The number of anilines is 2. The van der Waals surface area contributed by atoms with E-state index in [2.05, 4.69) is 25.7 Å².